The number of para-hydroxylation sites is 1. The fraction of sp³-hybridized carbons (Fsp3) is 0.0645. The molecule has 7 nitrogen and oxygen atoms in total. The Hall–Kier alpha value is -4.60. The van der Waals surface area contributed by atoms with Crippen LogP contribution in [-0.4, -0.2) is 29.9 Å². The number of thioether (sulfide) groups is 1. The van der Waals surface area contributed by atoms with Crippen molar-refractivity contribution in [2.75, 3.05) is 23.9 Å². The van der Waals surface area contributed by atoms with Crippen molar-refractivity contribution < 1.29 is 23.8 Å². The molecule has 0 aliphatic carbocycles. The van der Waals surface area contributed by atoms with Crippen molar-refractivity contribution in [2.45, 2.75) is 0 Å². The number of nitrogens with one attached hydrogen (secondary N) is 1. The molecule has 1 fully saturated rings. The number of carbonyl (C=O) groups is 2. The van der Waals surface area contributed by atoms with Gasteiger partial charge in [-0.05, 0) is 72.3 Å². The lowest BCUT2D eigenvalue weighted by atomic mass is 10.2. The highest BCUT2D eigenvalue weighted by Gasteiger charge is 2.33. The highest BCUT2D eigenvalue weighted by molar-refractivity contribution is 8.27. The first-order valence-corrected chi connectivity index (χ1v) is 13.5. The number of carbonyl (C=O) groups excluding carboxylic acids is 2. The quantitative estimate of drug-likeness (QED) is 0.174. The van der Waals surface area contributed by atoms with E-state index in [-0.39, 0.29) is 18.4 Å². The van der Waals surface area contributed by atoms with Crippen LogP contribution in [0.5, 0.6) is 23.0 Å². The third-order valence-electron chi connectivity index (χ3n) is 5.75. The Labute approximate surface area is 241 Å². The minimum absolute atomic E-state index is 0.174. The molecule has 1 aliphatic heterocycles. The topological polar surface area (TPSA) is 77.1 Å². The van der Waals surface area contributed by atoms with E-state index in [2.05, 4.69) is 5.32 Å². The molecule has 200 valence electrons. The molecule has 0 aromatic heterocycles. The summed E-state index contributed by atoms with van der Waals surface area (Å²) in [6.07, 6.45) is 1.76. The van der Waals surface area contributed by atoms with E-state index in [1.165, 1.54) is 16.7 Å². The van der Waals surface area contributed by atoms with Crippen LogP contribution < -0.4 is 24.4 Å². The zero-order valence-electron chi connectivity index (χ0n) is 21.4. The van der Waals surface area contributed by atoms with E-state index in [1.54, 1.807) is 79.9 Å². The summed E-state index contributed by atoms with van der Waals surface area (Å²) in [5, 5.41) is 2.78. The van der Waals surface area contributed by atoms with Crippen LogP contribution in [-0.2, 0) is 9.59 Å². The van der Waals surface area contributed by atoms with Crippen LogP contribution in [0.2, 0.25) is 0 Å². The molecule has 0 spiro atoms. The molecule has 5 rings (SSSR count). The van der Waals surface area contributed by atoms with Crippen LogP contribution in [0.3, 0.4) is 0 Å². The maximum atomic E-state index is 13.2. The maximum Gasteiger partial charge on any atom is 0.270 e. The van der Waals surface area contributed by atoms with Gasteiger partial charge in [-0.1, -0.05) is 60.4 Å². The third-order valence-corrected chi connectivity index (χ3v) is 7.05. The van der Waals surface area contributed by atoms with E-state index in [1.807, 2.05) is 36.4 Å². The van der Waals surface area contributed by atoms with E-state index in [0.717, 1.165) is 11.3 Å². The largest absolute Gasteiger partial charge is 0.497 e. The molecule has 0 radical (unpaired) electrons. The van der Waals surface area contributed by atoms with Crippen LogP contribution in [0.1, 0.15) is 5.56 Å². The van der Waals surface area contributed by atoms with E-state index in [4.69, 9.17) is 26.4 Å². The smallest absolute Gasteiger partial charge is 0.270 e. The molecule has 0 unspecified atom stereocenters. The molecule has 2 amide bonds. The first-order valence-electron chi connectivity index (χ1n) is 12.3. The summed E-state index contributed by atoms with van der Waals surface area (Å²) < 4.78 is 17.1. The Morgan fingerprint density at radius 1 is 0.875 bits per heavy atom. The highest BCUT2D eigenvalue weighted by Crippen LogP contribution is 2.37. The van der Waals surface area contributed by atoms with Gasteiger partial charge in [-0.3, -0.25) is 14.5 Å². The van der Waals surface area contributed by atoms with Crippen LogP contribution in [0.15, 0.2) is 108 Å². The van der Waals surface area contributed by atoms with Crippen molar-refractivity contribution in [2.24, 2.45) is 0 Å². The van der Waals surface area contributed by atoms with Crippen molar-refractivity contribution in [1.29, 1.82) is 0 Å². The second-order valence-electron chi connectivity index (χ2n) is 8.57. The molecule has 40 heavy (non-hydrogen) atoms. The van der Waals surface area contributed by atoms with Gasteiger partial charge in [0.15, 0.2) is 10.9 Å². The zero-order chi connectivity index (χ0) is 27.9. The fourth-order valence-electron chi connectivity index (χ4n) is 3.87. The highest BCUT2D eigenvalue weighted by atomic mass is 32.2. The molecule has 0 bridgehead atoms. The van der Waals surface area contributed by atoms with Gasteiger partial charge in [0.25, 0.3) is 11.8 Å². The third kappa shape index (κ3) is 6.69. The SMILES string of the molecule is COc1cccc(NC(=O)COc2cccc(/C=C3\SC(=S)N(c4ccc(Oc5ccccc5)cc4)C3=O)c2)c1. The molecule has 1 N–H and O–H groups in total. The predicted molar refractivity (Wildman–Crippen MR) is 162 cm³/mol. The summed E-state index contributed by atoms with van der Waals surface area (Å²) in [6, 6.07) is 30.9. The van der Waals surface area contributed by atoms with Gasteiger partial charge < -0.3 is 19.5 Å². The molecule has 1 aliphatic rings. The summed E-state index contributed by atoms with van der Waals surface area (Å²) in [4.78, 5) is 27.6. The van der Waals surface area contributed by atoms with Crippen molar-refractivity contribution in [3.63, 3.8) is 0 Å². The number of thiocarbonyl (C=S) groups is 1. The van der Waals surface area contributed by atoms with Gasteiger partial charge in [-0.15, -0.1) is 0 Å². The number of anilines is 2. The number of rotatable bonds is 9. The van der Waals surface area contributed by atoms with E-state index >= 15 is 0 Å². The van der Waals surface area contributed by atoms with Crippen LogP contribution in [0.4, 0.5) is 11.4 Å². The van der Waals surface area contributed by atoms with Gasteiger partial charge in [0.1, 0.15) is 23.0 Å². The van der Waals surface area contributed by atoms with Gasteiger partial charge >= 0.3 is 0 Å². The van der Waals surface area contributed by atoms with Crippen LogP contribution in [0, 0.1) is 0 Å². The second kappa shape index (κ2) is 12.5. The summed E-state index contributed by atoms with van der Waals surface area (Å²) in [5.41, 5.74) is 2.02. The summed E-state index contributed by atoms with van der Waals surface area (Å²) in [6.45, 7) is -0.174. The molecule has 1 saturated heterocycles. The van der Waals surface area contributed by atoms with E-state index in [9.17, 15) is 9.59 Å². The Kier molecular flexibility index (Phi) is 8.44. The molecule has 0 atom stereocenters. The van der Waals surface area contributed by atoms with Crippen molar-refractivity contribution in [3.8, 4) is 23.0 Å². The standard InChI is InChI=1S/C31H24N2O5S2/c1-36-26-11-6-8-22(19-26)32-29(34)20-37-27-12-5-7-21(17-27)18-28-30(35)33(31(39)40-28)23-13-15-25(16-14-23)38-24-9-3-2-4-10-24/h2-19H,20H2,1H3,(H,32,34)/b28-18-. The van der Waals surface area contributed by atoms with Gasteiger partial charge in [0.2, 0.25) is 0 Å². The Morgan fingerprint density at radius 2 is 1.57 bits per heavy atom. The second-order valence-corrected chi connectivity index (χ2v) is 10.2. The molecular formula is C31H24N2O5S2. The molecular weight excluding hydrogens is 544 g/mol. The van der Waals surface area contributed by atoms with Gasteiger partial charge in [0.05, 0.1) is 17.7 Å². The van der Waals surface area contributed by atoms with Gasteiger partial charge in [0, 0.05) is 11.8 Å². The normalized spacial score (nSPS) is 13.8. The lowest BCUT2D eigenvalue weighted by Gasteiger charge is -2.15. The minimum atomic E-state index is -0.306. The van der Waals surface area contributed by atoms with E-state index in [0.29, 0.717) is 37.8 Å². The van der Waals surface area contributed by atoms with E-state index < -0.39 is 0 Å². The van der Waals surface area contributed by atoms with Gasteiger partial charge in [-0.25, -0.2) is 0 Å². The number of nitrogens with zero attached hydrogens (tertiary/aromatic N) is 1. The average Bonchev–Trinajstić information content (AvgIpc) is 3.25. The number of hydrogen-bond donors (Lipinski definition) is 1. The van der Waals surface area contributed by atoms with Crippen LogP contribution >= 0.6 is 24.0 Å². The molecule has 9 heteroatoms. The molecule has 0 saturated carbocycles. The van der Waals surface area contributed by atoms with Crippen molar-refractivity contribution >= 4 is 57.6 Å². The zero-order valence-corrected chi connectivity index (χ0v) is 23.0. The number of ether oxygens (including phenoxy) is 3. The summed E-state index contributed by atoms with van der Waals surface area (Å²) in [5.74, 6) is 2.01. The average molecular weight is 569 g/mol. The van der Waals surface area contributed by atoms with Gasteiger partial charge in [-0.2, -0.15) is 0 Å². The maximum absolute atomic E-state index is 13.2. The Bertz CT molecular complexity index is 1570. The Morgan fingerprint density at radius 3 is 2.35 bits per heavy atom. The predicted octanol–water partition coefficient (Wildman–Crippen LogP) is 6.91. The lowest BCUT2D eigenvalue weighted by Crippen LogP contribution is -2.27. The first-order chi connectivity index (χ1) is 19.5. The van der Waals surface area contributed by atoms with Crippen LogP contribution in [0.25, 0.3) is 6.08 Å². The molecule has 1 heterocycles. The minimum Gasteiger partial charge on any atom is -0.497 e. The van der Waals surface area contributed by atoms with Crippen molar-refractivity contribution in [3.05, 3.63) is 114 Å². The number of hydrogen-bond acceptors (Lipinski definition) is 7. The fourth-order valence-corrected chi connectivity index (χ4v) is 5.17. The monoisotopic (exact) mass is 568 g/mol. The summed E-state index contributed by atoms with van der Waals surface area (Å²) >= 11 is 6.74. The Balaban J connectivity index is 1.21. The molecule has 4 aromatic carbocycles. The van der Waals surface area contributed by atoms with Crippen molar-refractivity contribution in [1.82, 2.24) is 0 Å². The lowest BCUT2D eigenvalue weighted by molar-refractivity contribution is -0.118. The number of amides is 2. The number of methoxy groups -OCH3 is 1. The summed E-state index contributed by atoms with van der Waals surface area (Å²) in [7, 11) is 1.56. The first kappa shape index (κ1) is 27.0. The molecule has 4 aromatic rings. The number of benzene rings is 4.